The molecule has 2 aliphatic carbocycles. The first-order valence-corrected chi connectivity index (χ1v) is 5.38. The number of nitrogens with two attached hydrogens (primary N) is 1. The van der Waals surface area contributed by atoms with Gasteiger partial charge in [0.25, 0.3) is 0 Å². The third-order valence-electron chi connectivity index (χ3n) is 3.41. The minimum absolute atomic E-state index is 0.112. The number of rotatable bonds is 4. The van der Waals surface area contributed by atoms with Crippen LogP contribution < -0.4 is 5.73 Å². The Labute approximate surface area is 90.0 Å². The number of primary amides is 1. The van der Waals surface area contributed by atoms with Crippen molar-refractivity contribution < 1.29 is 9.53 Å². The third-order valence-corrected chi connectivity index (χ3v) is 3.41. The standard InChI is InChI=1S/C12H17NO2/c1-15-12-7-3-5-9(10(12)8-12)4-2-6-11(13)14/h2,4-5,10H,3,6-8H2,1H3,(H2,13,14)/b4-2+/t10-,12-/m1/s1. The summed E-state index contributed by atoms with van der Waals surface area (Å²) in [5, 5.41) is 0. The Morgan fingerprint density at radius 1 is 1.80 bits per heavy atom. The van der Waals surface area contributed by atoms with Crippen LogP contribution in [0.3, 0.4) is 0 Å². The molecular weight excluding hydrogens is 190 g/mol. The second-order valence-corrected chi connectivity index (χ2v) is 4.34. The number of hydrogen-bond acceptors (Lipinski definition) is 2. The molecular formula is C12H17NO2. The van der Waals surface area contributed by atoms with Gasteiger partial charge in [0, 0.05) is 19.4 Å². The highest BCUT2D eigenvalue weighted by Gasteiger charge is 2.56. The molecule has 15 heavy (non-hydrogen) atoms. The summed E-state index contributed by atoms with van der Waals surface area (Å²) in [5.74, 6) is 0.261. The highest BCUT2D eigenvalue weighted by molar-refractivity contribution is 5.75. The van der Waals surface area contributed by atoms with Gasteiger partial charge in [-0.2, -0.15) is 0 Å². The van der Waals surface area contributed by atoms with Gasteiger partial charge in [0.2, 0.25) is 5.91 Å². The van der Waals surface area contributed by atoms with Crippen molar-refractivity contribution in [1.82, 2.24) is 0 Å². The Morgan fingerprint density at radius 3 is 3.27 bits per heavy atom. The van der Waals surface area contributed by atoms with Gasteiger partial charge in [-0.25, -0.2) is 0 Å². The molecule has 3 heteroatoms. The minimum atomic E-state index is -0.281. The van der Waals surface area contributed by atoms with Crippen LogP contribution in [0.4, 0.5) is 0 Å². The predicted molar refractivity (Wildman–Crippen MR) is 58.1 cm³/mol. The molecule has 2 atom stereocenters. The topological polar surface area (TPSA) is 52.3 Å². The number of carbonyl (C=O) groups is 1. The Hall–Kier alpha value is -1.09. The van der Waals surface area contributed by atoms with Crippen LogP contribution in [0.2, 0.25) is 0 Å². The fraction of sp³-hybridized carbons (Fsp3) is 0.583. The van der Waals surface area contributed by atoms with E-state index in [1.165, 1.54) is 5.57 Å². The highest BCUT2D eigenvalue weighted by Crippen LogP contribution is 2.56. The van der Waals surface area contributed by atoms with E-state index in [-0.39, 0.29) is 11.5 Å². The van der Waals surface area contributed by atoms with Crippen molar-refractivity contribution in [2.45, 2.75) is 31.3 Å². The van der Waals surface area contributed by atoms with E-state index in [4.69, 9.17) is 10.5 Å². The van der Waals surface area contributed by atoms with E-state index in [1.54, 1.807) is 7.11 Å². The molecule has 0 radical (unpaired) electrons. The number of hydrogen-bond donors (Lipinski definition) is 1. The molecule has 82 valence electrons. The number of allylic oxidation sites excluding steroid dienone is 2. The lowest BCUT2D eigenvalue weighted by molar-refractivity contribution is -0.117. The quantitative estimate of drug-likeness (QED) is 0.760. The molecule has 1 saturated carbocycles. The monoisotopic (exact) mass is 207 g/mol. The number of ether oxygens (including phenoxy) is 1. The Kier molecular flexibility index (Phi) is 2.65. The molecule has 0 heterocycles. The molecule has 0 bridgehead atoms. The van der Waals surface area contributed by atoms with Gasteiger partial charge in [-0.15, -0.1) is 0 Å². The molecule has 2 N–H and O–H groups in total. The zero-order valence-electron chi connectivity index (χ0n) is 9.03. The maximum atomic E-state index is 10.6. The van der Waals surface area contributed by atoms with Crippen LogP contribution >= 0.6 is 0 Å². The second kappa shape index (κ2) is 3.81. The van der Waals surface area contributed by atoms with Gasteiger partial charge in [0.15, 0.2) is 0 Å². The number of fused-ring (bicyclic) bond motifs is 1. The average Bonchev–Trinajstić information content (AvgIpc) is 2.93. The number of amides is 1. The van der Waals surface area contributed by atoms with Crippen LogP contribution in [0.5, 0.6) is 0 Å². The minimum Gasteiger partial charge on any atom is -0.378 e. The van der Waals surface area contributed by atoms with E-state index in [1.807, 2.05) is 12.2 Å². The number of carbonyl (C=O) groups excluding carboxylic acids is 1. The summed E-state index contributed by atoms with van der Waals surface area (Å²) < 4.78 is 5.54. The molecule has 1 amide bonds. The molecule has 2 rings (SSSR count). The lowest BCUT2D eigenvalue weighted by Crippen LogP contribution is -2.18. The summed E-state index contributed by atoms with van der Waals surface area (Å²) in [6, 6.07) is 0. The van der Waals surface area contributed by atoms with Gasteiger partial charge in [0.1, 0.15) is 0 Å². The van der Waals surface area contributed by atoms with Crippen LogP contribution in [-0.2, 0) is 9.53 Å². The van der Waals surface area contributed by atoms with Crippen molar-refractivity contribution >= 4 is 5.91 Å². The Morgan fingerprint density at radius 2 is 2.60 bits per heavy atom. The summed E-state index contributed by atoms with van der Waals surface area (Å²) in [4.78, 5) is 10.6. The van der Waals surface area contributed by atoms with Crippen molar-refractivity contribution in [3.63, 3.8) is 0 Å². The van der Waals surface area contributed by atoms with Gasteiger partial charge >= 0.3 is 0 Å². The van der Waals surface area contributed by atoms with Crippen molar-refractivity contribution in [3.8, 4) is 0 Å². The summed E-state index contributed by atoms with van der Waals surface area (Å²) >= 11 is 0. The largest absolute Gasteiger partial charge is 0.378 e. The van der Waals surface area contributed by atoms with Crippen molar-refractivity contribution in [3.05, 3.63) is 23.8 Å². The normalized spacial score (nSPS) is 33.7. The van der Waals surface area contributed by atoms with E-state index in [2.05, 4.69) is 6.08 Å². The smallest absolute Gasteiger partial charge is 0.221 e. The molecule has 0 spiro atoms. The first kappa shape index (κ1) is 10.4. The van der Waals surface area contributed by atoms with E-state index >= 15 is 0 Å². The van der Waals surface area contributed by atoms with E-state index < -0.39 is 0 Å². The lowest BCUT2D eigenvalue weighted by atomic mass is 9.96. The zero-order chi connectivity index (χ0) is 10.9. The summed E-state index contributed by atoms with van der Waals surface area (Å²) in [6.07, 6.45) is 9.75. The van der Waals surface area contributed by atoms with E-state index in [0.717, 1.165) is 19.3 Å². The predicted octanol–water partition coefficient (Wildman–Crippen LogP) is 1.54. The van der Waals surface area contributed by atoms with Crippen LogP contribution in [0.15, 0.2) is 23.8 Å². The lowest BCUT2D eigenvalue weighted by Gasteiger charge is -2.19. The SMILES string of the molecule is CO[C@@]12CCC=C(/C=C/CC(N)=O)[C@H]1C2. The van der Waals surface area contributed by atoms with E-state index in [0.29, 0.717) is 12.3 Å². The summed E-state index contributed by atoms with van der Waals surface area (Å²) in [6.45, 7) is 0. The molecule has 1 fully saturated rings. The van der Waals surface area contributed by atoms with Crippen LogP contribution in [0.25, 0.3) is 0 Å². The molecule has 0 aromatic rings. The molecule has 0 aromatic heterocycles. The fourth-order valence-corrected chi connectivity index (χ4v) is 2.43. The molecule has 3 nitrogen and oxygen atoms in total. The highest BCUT2D eigenvalue weighted by atomic mass is 16.5. The second-order valence-electron chi connectivity index (χ2n) is 4.34. The van der Waals surface area contributed by atoms with Gasteiger partial charge in [-0.05, 0) is 24.8 Å². The van der Waals surface area contributed by atoms with Gasteiger partial charge < -0.3 is 10.5 Å². The molecule has 0 saturated heterocycles. The molecule has 0 unspecified atom stereocenters. The van der Waals surface area contributed by atoms with Gasteiger partial charge in [-0.1, -0.05) is 18.2 Å². The Balaban J connectivity index is 1.97. The van der Waals surface area contributed by atoms with Crippen molar-refractivity contribution in [1.29, 1.82) is 0 Å². The van der Waals surface area contributed by atoms with Gasteiger partial charge in [0.05, 0.1) is 5.60 Å². The Bertz CT molecular complexity index is 333. The summed E-state index contributed by atoms with van der Waals surface area (Å²) in [5.41, 5.74) is 6.49. The van der Waals surface area contributed by atoms with E-state index in [9.17, 15) is 4.79 Å². The third kappa shape index (κ3) is 1.97. The maximum Gasteiger partial charge on any atom is 0.221 e. The zero-order valence-corrected chi connectivity index (χ0v) is 9.03. The number of methoxy groups -OCH3 is 1. The molecule has 0 aromatic carbocycles. The van der Waals surface area contributed by atoms with Crippen LogP contribution in [-0.4, -0.2) is 18.6 Å². The fourth-order valence-electron chi connectivity index (χ4n) is 2.43. The van der Waals surface area contributed by atoms with Crippen molar-refractivity contribution in [2.24, 2.45) is 11.7 Å². The maximum absolute atomic E-state index is 10.6. The van der Waals surface area contributed by atoms with Crippen molar-refractivity contribution in [2.75, 3.05) is 7.11 Å². The van der Waals surface area contributed by atoms with Gasteiger partial charge in [-0.3, -0.25) is 4.79 Å². The summed E-state index contributed by atoms with van der Waals surface area (Å²) in [7, 11) is 1.79. The molecule has 0 aliphatic heterocycles. The van der Waals surface area contributed by atoms with Crippen LogP contribution in [0, 0.1) is 5.92 Å². The first-order valence-electron chi connectivity index (χ1n) is 5.38. The van der Waals surface area contributed by atoms with Crippen LogP contribution in [0.1, 0.15) is 25.7 Å². The first-order chi connectivity index (χ1) is 7.18. The molecule has 2 aliphatic rings. The average molecular weight is 207 g/mol.